The lowest BCUT2D eigenvalue weighted by atomic mass is 10.4. The molecule has 1 atom stereocenters. The average Bonchev–Trinajstić information content (AvgIpc) is 1.84. The molecule has 3 N–H and O–H groups in total. The van der Waals surface area contributed by atoms with Crippen molar-refractivity contribution in [3.63, 3.8) is 0 Å². The summed E-state index contributed by atoms with van der Waals surface area (Å²) in [6.45, 7) is 1.87. The van der Waals surface area contributed by atoms with Gasteiger partial charge in [0, 0.05) is 0 Å². The molecule has 1 unspecified atom stereocenters. The van der Waals surface area contributed by atoms with Crippen LogP contribution in [0.15, 0.2) is 5.16 Å². The molecule has 0 spiro atoms. The Morgan fingerprint density at radius 1 is 1.88 bits per heavy atom. The summed E-state index contributed by atoms with van der Waals surface area (Å²) < 4.78 is 0. The molecule has 0 bridgehead atoms. The van der Waals surface area contributed by atoms with Crippen molar-refractivity contribution >= 4 is 17.6 Å². The molecule has 0 aromatic heterocycles. The number of amidine groups is 1. The Morgan fingerprint density at radius 3 is 2.50 bits per heavy atom. The molecule has 48 valence electrons. The molecule has 0 aliphatic rings. The van der Waals surface area contributed by atoms with Gasteiger partial charge in [0.1, 0.15) is 0 Å². The molecule has 4 heteroatoms. The zero-order valence-electron chi connectivity index (χ0n) is 4.96. The summed E-state index contributed by atoms with van der Waals surface area (Å²) in [5, 5.41) is 11.0. The van der Waals surface area contributed by atoms with Gasteiger partial charge in [0.05, 0.1) is 5.25 Å². The van der Waals surface area contributed by atoms with Gasteiger partial charge in [-0.2, -0.15) is 11.8 Å². The molecule has 0 rings (SSSR count). The van der Waals surface area contributed by atoms with Crippen LogP contribution in [0, 0.1) is 0 Å². The van der Waals surface area contributed by atoms with Gasteiger partial charge in [0.2, 0.25) is 0 Å². The van der Waals surface area contributed by atoms with Gasteiger partial charge in [-0.15, -0.1) is 0 Å². The lowest BCUT2D eigenvalue weighted by Gasteiger charge is -2.02. The normalized spacial score (nSPS) is 16.0. The quantitative estimate of drug-likeness (QED) is 0.250. The molecular formula is C4H10N2OS. The summed E-state index contributed by atoms with van der Waals surface area (Å²) in [7, 11) is 0. The predicted octanol–water partition coefficient (Wildman–Crippen LogP) is 0.484. The van der Waals surface area contributed by atoms with Crippen LogP contribution in [-0.4, -0.2) is 22.5 Å². The number of rotatable bonds is 2. The highest BCUT2D eigenvalue weighted by molar-refractivity contribution is 7.99. The lowest BCUT2D eigenvalue weighted by Crippen LogP contribution is -2.22. The maximum atomic E-state index is 8.09. The lowest BCUT2D eigenvalue weighted by molar-refractivity contribution is 0.317. The fourth-order valence-corrected chi connectivity index (χ4v) is 0.491. The number of hydrogen-bond donors (Lipinski definition) is 2. The predicted molar refractivity (Wildman–Crippen MR) is 36.4 cm³/mol. The Hall–Kier alpha value is -0.380. The van der Waals surface area contributed by atoms with Gasteiger partial charge >= 0.3 is 0 Å². The first-order chi connectivity index (χ1) is 3.72. The molecule has 0 heterocycles. The number of nitrogens with zero attached hydrogens (tertiary/aromatic N) is 1. The van der Waals surface area contributed by atoms with Gasteiger partial charge in [-0.3, -0.25) is 0 Å². The van der Waals surface area contributed by atoms with Crippen LogP contribution in [0.2, 0.25) is 0 Å². The summed E-state index contributed by atoms with van der Waals surface area (Å²) in [5.41, 5.74) is 5.21. The third-order valence-electron chi connectivity index (χ3n) is 0.886. The van der Waals surface area contributed by atoms with Crippen LogP contribution in [0.25, 0.3) is 0 Å². The van der Waals surface area contributed by atoms with Crippen molar-refractivity contribution in [3.8, 4) is 0 Å². The van der Waals surface area contributed by atoms with E-state index in [-0.39, 0.29) is 11.1 Å². The maximum Gasteiger partial charge on any atom is 0.151 e. The zero-order valence-corrected chi connectivity index (χ0v) is 5.77. The van der Waals surface area contributed by atoms with Crippen molar-refractivity contribution in [1.29, 1.82) is 0 Å². The highest BCUT2D eigenvalue weighted by Crippen LogP contribution is 2.03. The van der Waals surface area contributed by atoms with Crippen LogP contribution in [-0.2, 0) is 0 Å². The molecule has 0 aromatic rings. The molecule has 0 aromatic carbocycles. The van der Waals surface area contributed by atoms with Crippen molar-refractivity contribution in [2.24, 2.45) is 10.9 Å². The molecule has 8 heavy (non-hydrogen) atoms. The van der Waals surface area contributed by atoms with E-state index < -0.39 is 0 Å². The molecule has 0 fully saturated rings. The smallest absolute Gasteiger partial charge is 0.151 e. The summed E-state index contributed by atoms with van der Waals surface area (Å²) in [6.07, 6.45) is 1.91. The molecule has 3 nitrogen and oxygen atoms in total. The van der Waals surface area contributed by atoms with Gasteiger partial charge < -0.3 is 10.9 Å². The number of oxime groups is 1. The van der Waals surface area contributed by atoms with Crippen LogP contribution in [0.4, 0.5) is 0 Å². The molecule has 0 aliphatic heterocycles. The van der Waals surface area contributed by atoms with Crippen LogP contribution in [0.3, 0.4) is 0 Å². The van der Waals surface area contributed by atoms with E-state index in [2.05, 4.69) is 5.16 Å². The van der Waals surface area contributed by atoms with Crippen molar-refractivity contribution in [1.82, 2.24) is 0 Å². The number of hydrogen-bond acceptors (Lipinski definition) is 3. The maximum absolute atomic E-state index is 8.09. The van der Waals surface area contributed by atoms with E-state index in [4.69, 9.17) is 10.9 Å². The third-order valence-corrected chi connectivity index (χ3v) is 1.83. The molecule has 0 radical (unpaired) electrons. The van der Waals surface area contributed by atoms with E-state index >= 15 is 0 Å². The standard InChI is InChI=1S/C4H10N2OS/c1-3(8-2)4(5)6-7/h3,7H,1-2H3,(H2,5,6). The highest BCUT2D eigenvalue weighted by atomic mass is 32.2. The molecule has 0 amide bonds. The Labute approximate surface area is 52.9 Å². The Balaban J connectivity index is 3.63. The third kappa shape index (κ3) is 2.07. The second kappa shape index (κ2) is 3.60. The van der Waals surface area contributed by atoms with Crippen molar-refractivity contribution in [3.05, 3.63) is 0 Å². The van der Waals surface area contributed by atoms with E-state index in [0.29, 0.717) is 0 Å². The van der Waals surface area contributed by atoms with Crippen LogP contribution in [0.1, 0.15) is 6.92 Å². The van der Waals surface area contributed by atoms with Crippen LogP contribution < -0.4 is 5.73 Å². The Bertz CT molecular complexity index is 94.0. The average molecular weight is 134 g/mol. The van der Waals surface area contributed by atoms with E-state index in [1.54, 1.807) is 11.8 Å². The fourth-order valence-electron chi connectivity index (χ4n) is 0.202. The molecular weight excluding hydrogens is 124 g/mol. The largest absolute Gasteiger partial charge is 0.409 e. The Kier molecular flexibility index (Phi) is 3.43. The number of thioether (sulfide) groups is 1. The van der Waals surface area contributed by atoms with Crippen LogP contribution >= 0.6 is 11.8 Å². The highest BCUT2D eigenvalue weighted by Gasteiger charge is 2.02. The van der Waals surface area contributed by atoms with E-state index in [9.17, 15) is 0 Å². The van der Waals surface area contributed by atoms with E-state index in [1.165, 1.54) is 0 Å². The second-order valence-corrected chi connectivity index (χ2v) is 2.58. The first kappa shape index (κ1) is 7.62. The van der Waals surface area contributed by atoms with Crippen LogP contribution in [0.5, 0.6) is 0 Å². The number of nitrogens with two attached hydrogens (primary N) is 1. The van der Waals surface area contributed by atoms with Gasteiger partial charge in [-0.1, -0.05) is 5.16 Å². The van der Waals surface area contributed by atoms with Crippen molar-refractivity contribution < 1.29 is 5.21 Å². The topological polar surface area (TPSA) is 58.6 Å². The van der Waals surface area contributed by atoms with Gasteiger partial charge in [0.25, 0.3) is 0 Å². The fraction of sp³-hybridized carbons (Fsp3) is 0.750. The summed E-state index contributed by atoms with van der Waals surface area (Å²) >= 11 is 1.54. The van der Waals surface area contributed by atoms with Crippen molar-refractivity contribution in [2.75, 3.05) is 6.26 Å². The zero-order chi connectivity index (χ0) is 6.57. The minimum Gasteiger partial charge on any atom is -0.409 e. The summed E-state index contributed by atoms with van der Waals surface area (Å²) in [4.78, 5) is 0. The monoisotopic (exact) mass is 134 g/mol. The SMILES string of the molecule is CSC(C)C(N)=NO. The molecule has 0 saturated heterocycles. The second-order valence-electron chi connectivity index (χ2n) is 1.40. The molecule has 0 saturated carbocycles. The van der Waals surface area contributed by atoms with E-state index in [0.717, 1.165) is 0 Å². The summed E-state index contributed by atoms with van der Waals surface area (Å²) in [5.74, 6) is 0.275. The minimum absolute atomic E-state index is 0.111. The first-order valence-electron chi connectivity index (χ1n) is 2.22. The van der Waals surface area contributed by atoms with Gasteiger partial charge in [-0.05, 0) is 13.2 Å². The first-order valence-corrected chi connectivity index (χ1v) is 3.51. The van der Waals surface area contributed by atoms with Gasteiger partial charge in [-0.25, -0.2) is 0 Å². The minimum atomic E-state index is 0.111. The van der Waals surface area contributed by atoms with Crippen molar-refractivity contribution in [2.45, 2.75) is 12.2 Å². The summed E-state index contributed by atoms with van der Waals surface area (Å²) in [6, 6.07) is 0. The molecule has 0 aliphatic carbocycles. The van der Waals surface area contributed by atoms with E-state index in [1.807, 2.05) is 13.2 Å². The van der Waals surface area contributed by atoms with Gasteiger partial charge in [0.15, 0.2) is 5.84 Å². The Morgan fingerprint density at radius 2 is 2.38 bits per heavy atom.